The van der Waals surface area contributed by atoms with E-state index in [0.29, 0.717) is 17.6 Å². The molecule has 3 aromatic heterocycles. The summed E-state index contributed by atoms with van der Waals surface area (Å²) in [5.74, 6) is 0.968. The number of ether oxygens (including phenoxy) is 1. The van der Waals surface area contributed by atoms with Gasteiger partial charge in [-0.25, -0.2) is 9.97 Å². The second kappa shape index (κ2) is 8.01. The highest BCUT2D eigenvalue weighted by atomic mass is 32.1. The van der Waals surface area contributed by atoms with Crippen LogP contribution in [0, 0.1) is 0 Å². The second-order valence-electron chi connectivity index (χ2n) is 8.33. The third kappa shape index (κ3) is 4.17. The number of hydrogen-bond acceptors (Lipinski definition) is 8. The molecular formula is C21H25N7O2S. The molecule has 1 saturated carbocycles. The number of nitrogens with one attached hydrogen (secondary N) is 1. The first-order valence-corrected chi connectivity index (χ1v) is 11.4. The maximum absolute atomic E-state index is 12.6. The normalized spacial score (nSPS) is 18.2. The van der Waals surface area contributed by atoms with Gasteiger partial charge in [0, 0.05) is 31.6 Å². The number of piperidine rings is 1. The van der Waals surface area contributed by atoms with E-state index in [-0.39, 0.29) is 11.5 Å². The Morgan fingerprint density at radius 3 is 2.77 bits per heavy atom. The zero-order valence-electron chi connectivity index (χ0n) is 17.6. The Hall–Kier alpha value is -2.85. The highest BCUT2D eigenvalue weighted by Crippen LogP contribution is 2.38. The van der Waals surface area contributed by atoms with Crippen LogP contribution in [0.25, 0.3) is 10.8 Å². The number of anilines is 2. The van der Waals surface area contributed by atoms with Crippen LogP contribution in [0.15, 0.2) is 30.0 Å². The number of carbonyl (C=O) groups excluding carboxylic acids is 1. The molecule has 0 radical (unpaired) electrons. The predicted octanol–water partition coefficient (Wildman–Crippen LogP) is 3.39. The Morgan fingerprint density at radius 2 is 2.10 bits per heavy atom. The van der Waals surface area contributed by atoms with Crippen molar-refractivity contribution in [1.29, 1.82) is 0 Å². The first-order valence-electron chi connectivity index (χ1n) is 10.5. The van der Waals surface area contributed by atoms with E-state index in [9.17, 15) is 4.79 Å². The molecule has 162 valence electrons. The molecule has 0 bridgehead atoms. The molecule has 1 saturated heterocycles. The van der Waals surface area contributed by atoms with Gasteiger partial charge in [-0.15, -0.1) is 21.5 Å². The molecule has 10 heteroatoms. The Labute approximate surface area is 184 Å². The lowest BCUT2D eigenvalue weighted by Crippen LogP contribution is -2.43. The molecule has 1 amide bonds. The Morgan fingerprint density at radius 1 is 1.29 bits per heavy atom. The van der Waals surface area contributed by atoms with E-state index in [1.165, 1.54) is 11.3 Å². The van der Waals surface area contributed by atoms with Crippen molar-refractivity contribution in [3.63, 3.8) is 0 Å². The van der Waals surface area contributed by atoms with Gasteiger partial charge in [-0.3, -0.25) is 4.79 Å². The largest absolute Gasteiger partial charge is 0.378 e. The molecule has 2 aliphatic rings. The van der Waals surface area contributed by atoms with Gasteiger partial charge in [0.2, 0.25) is 0 Å². The molecule has 1 N–H and O–H groups in total. The number of amides is 1. The van der Waals surface area contributed by atoms with Gasteiger partial charge in [-0.05, 0) is 44.7 Å². The lowest BCUT2D eigenvalue weighted by Gasteiger charge is -2.39. The summed E-state index contributed by atoms with van der Waals surface area (Å²) < 4.78 is 7.66. The smallest absolute Gasteiger partial charge is 0.275 e. The zero-order valence-corrected chi connectivity index (χ0v) is 18.4. The van der Waals surface area contributed by atoms with Gasteiger partial charge in [-0.2, -0.15) is 0 Å². The van der Waals surface area contributed by atoms with Crippen LogP contribution in [0.4, 0.5) is 11.5 Å². The minimum absolute atomic E-state index is 0.0536. The fourth-order valence-corrected chi connectivity index (χ4v) is 4.52. The summed E-state index contributed by atoms with van der Waals surface area (Å²) in [4.78, 5) is 23.8. The summed E-state index contributed by atoms with van der Waals surface area (Å²) in [5.41, 5.74) is 1.32. The van der Waals surface area contributed by atoms with Crippen LogP contribution in [-0.4, -0.2) is 56.4 Å². The highest BCUT2D eigenvalue weighted by Gasteiger charge is 2.30. The summed E-state index contributed by atoms with van der Waals surface area (Å²) >= 11 is 1.44. The van der Waals surface area contributed by atoms with Crippen LogP contribution in [0.2, 0.25) is 0 Å². The van der Waals surface area contributed by atoms with Crippen molar-refractivity contribution in [1.82, 2.24) is 24.7 Å². The van der Waals surface area contributed by atoms with Crippen molar-refractivity contribution in [2.24, 2.45) is 0 Å². The molecule has 0 unspecified atom stereocenters. The molecule has 0 aromatic carbocycles. The van der Waals surface area contributed by atoms with E-state index in [1.807, 2.05) is 11.4 Å². The van der Waals surface area contributed by atoms with Crippen LogP contribution in [0.1, 0.15) is 49.1 Å². The predicted molar refractivity (Wildman–Crippen MR) is 118 cm³/mol. The molecule has 3 aromatic rings. The van der Waals surface area contributed by atoms with E-state index in [1.54, 1.807) is 25.7 Å². The summed E-state index contributed by atoms with van der Waals surface area (Å²) in [6.07, 6.45) is 7.72. The van der Waals surface area contributed by atoms with Crippen molar-refractivity contribution in [3.05, 3.63) is 35.7 Å². The monoisotopic (exact) mass is 439 g/mol. The summed E-state index contributed by atoms with van der Waals surface area (Å²) in [7, 11) is 1.77. The van der Waals surface area contributed by atoms with Crippen molar-refractivity contribution in [3.8, 4) is 10.8 Å². The minimum atomic E-state index is -0.280. The Bertz CT molecular complexity index is 1070. The number of aromatic nitrogens is 5. The number of rotatable bonds is 6. The quantitative estimate of drug-likeness (QED) is 0.629. The van der Waals surface area contributed by atoms with E-state index in [2.05, 4.69) is 41.9 Å². The molecule has 2 fully saturated rings. The van der Waals surface area contributed by atoms with Crippen LogP contribution in [0.3, 0.4) is 0 Å². The molecule has 9 nitrogen and oxygen atoms in total. The molecule has 0 spiro atoms. The lowest BCUT2D eigenvalue weighted by atomic mass is 9.93. The van der Waals surface area contributed by atoms with Crippen LogP contribution in [-0.2, 0) is 4.74 Å². The molecule has 1 aliphatic heterocycles. The Balaban J connectivity index is 1.22. The van der Waals surface area contributed by atoms with Gasteiger partial charge in [0.15, 0.2) is 10.8 Å². The molecule has 1 aliphatic carbocycles. The fraction of sp³-hybridized carbons (Fsp3) is 0.476. The standard InChI is InChI=1S/C21H25N7O2S/c1-21(30-2)7-9-27(10-8-21)15-5-6-16(22-11-15)19(29)24-17-12-31-20(25-17)18-26-23-13-28(18)14-3-4-14/h5-6,11-14H,3-4,7-10H2,1-2H3,(H,24,29). The second-order valence-corrected chi connectivity index (χ2v) is 9.19. The van der Waals surface area contributed by atoms with Gasteiger partial charge < -0.3 is 19.5 Å². The number of pyridine rings is 1. The van der Waals surface area contributed by atoms with Crippen LogP contribution < -0.4 is 10.2 Å². The van der Waals surface area contributed by atoms with Crippen LogP contribution >= 0.6 is 11.3 Å². The average Bonchev–Trinajstić information content (AvgIpc) is 3.33. The zero-order chi connectivity index (χ0) is 21.4. The van der Waals surface area contributed by atoms with Gasteiger partial charge >= 0.3 is 0 Å². The molecule has 5 rings (SSSR count). The summed E-state index contributed by atoms with van der Waals surface area (Å²) in [5, 5.41) is 13.6. The maximum atomic E-state index is 12.6. The van der Waals surface area contributed by atoms with Crippen LogP contribution in [0.5, 0.6) is 0 Å². The number of hydrogen-bond donors (Lipinski definition) is 1. The van der Waals surface area contributed by atoms with E-state index in [4.69, 9.17) is 4.74 Å². The third-order valence-corrected chi connectivity index (χ3v) is 6.95. The number of nitrogens with zero attached hydrogens (tertiary/aromatic N) is 6. The first kappa shape index (κ1) is 20.1. The highest BCUT2D eigenvalue weighted by molar-refractivity contribution is 7.13. The van der Waals surface area contributed by atoms with Gasteiger partial charge in [-0.1, -0.05) is 0 Å². The van der Waals surface area contributed by atoms with Crippen molar-refractivity contribution < 1.29 is 9.53 Å². The van der Waals surface area contributed by atoms with E-state index in [0.717, 1.165) is 55.3 Å². The summed E-state index contributed by atoms with van der Waals surface area (Å²) in [6.45, 7) is 3.96. The number of carbonyl (C=O) groups is 1. The van der Waals surface area contributed by atoms with Gasteiger partial charge in [0.25, 0.3) is 5.91 Å². The van der Waals surface area contributed by atoms with E-state index >= 15 is 0 Å². The maximum Gasteiger partial charge on any atom is 0.275 e. The minimum Gasteiger partial charge on any atom is -0.378 e. The fourth-order valence-electron chi connectivity index (χ4n) is 3.78. The van der Waals surface area contributed by atoms with Crippen molar-refractivity contribution in [2.45, 2.75) is 44.2 Å². The lowest BCUT2D eigenvalue weighted by molar-refractivity contribution is -0.0132. The molecule has 4 heterocycles. The molecule has 0 atom stereocenters. The van der Waals surface area contributed by atoms with Crippen molar-refractivity contribution >= 4 is 28.7 Å². The topological polar surface area (TPSA) is 98.1 Å². The SMILES string of the molecule is COC1(C)CCN(c2ccc(C(=O)Nc3csc(-c4nncn4C4CC4)n3)nc2)CC1. The average molecular weight is 440 g/mol. The van der Waals surface area contributed by atoms with Crippen molar-refractivity contribution in [2.75, 3.05) is 30.4 Å². The van der Waals surface area contributed by atoms with Gasteiger partial charge in [0.05, 0.1) is 17.5 Å². The number of thiazole rings is 1. The number of methoxy groups -OCH3 is 1. The Kier molecular flexibility index (Phi) is 5.19. The van der Waals surface area contributed by atoms with E-state index < -0.39 is 0 Å². The molecule has 31 heavy (non-hydrogen) atoms. The summed E-state index contributed by atoms with van der Waals surface area (Å²) in [6, 6.07) is 4.17. The third-order valence-electron chi connectivity index (χ3n) is 6.11. The van der Waals surface area contributed by atoms with Gasteiger partial charge in [0.1, 0.15) is 17.8 Å². The molecular weight excluding hydrogens is 414 g/mol. The first-order chi connectivity index (χ1) is 15.0.